The summed E-state index contributed by atoms with van der Waals surface area (Å²) >= 11 is 0. The number of hydrogen-bond acceptors (Lipinski definition) is 5. The van der Waals surface area contributed by atoms with Crippen LogP contribution in [0.5, 0.6) is 0 Å². The lowest BCUT2D eigenvalue weighted by Crippen LogP contribution is -2.25. The van der Waals surface area contributed by atoms with Crippen molar-refractivity contribution in [3.8, 4) is 0 Å². The zero-order chi connectivity index (χ0) is 19.6. The Morgan fingerprint density at radius 2 is 1.78 bits per heavy atom. The molecule has 0 aliphatic carbocycles. The average Bonchev–Trinajstić information content (AvgIpc) is 2.66. The second kappa shape index (κ2) is 7.43. The lowest BCUT2D eigenvalue weighted by molar-refractivity contribution is -0.0258. The van der Waals surface area contributed by atoms with Gasteiger partial charge in [-0.3, -0.25) is 14.6 Å². The number of hydroxylamine groups is 1. The summed E-state index contributed by atoms with van der Waals surface area (Å²) in [6, 6.07) is 15.0. The summed E-state index contributed by atoms with van der Waals surface area (Å²) in [7, 11) is -1.15. The summed E-state index contributed by atoms with van der Waals surface area (Å²) in [6.45, 7) is 1.83. The third-order valence-corrected chi connectivity index (χ3v) is 5.79. The van der Waals surface area contributed by atoms with Crippen LogP contribution >= 0.6 is 0 Å². The molecule has 0 aliphatic heterocycles. The van der Waals surface area contributed by atoms with E-state index in [1.807, 2.05) is 31.2 Å². The van der Waals surface area contributed by atoms with Gasteiger partial charge < -0.3 is 5.32 Å². The van der Waals surface area contributed by atoms with Crippen LogP contribution in [0.4, 0.5) is 5.69 Å². The number of sulfonamides is 1. The van der Waals surface area contributed by atoms with E-state index in [0.717, 1.165) is 21.1 Å². The van der Waals surface area contributed by atoms with E-state index >= 15 is 0 Å². The number of benzene rings is 2. The number of nitrogens with one attached hydrogen (secondary N) is 1. The molecule has 0 spiro atoms. The zero-order valence-electron chi connectivity index (χ0n) is 15.1. The molecule has 3 rings (SSSR count). The van der Waals surface area contributed by atoms with Crippen LogP contribution in [0.25, 0.3) is 10.9 Å². The smallest absolute Gasteiger partial charge is 0.264 e. The van der Waals surface area contributed by atoms with Gasteiger partial charge in [0.15, 0.2) is 0 Å². The Morgan fingerprint density at radius 3 is 2.44 bits per heavy atom. The maximum atomic E-state index is 12.7. The van der Waals surface area contributed by atoms with Gasteiger partial charge in [0.05, 0.1) is 23.1 Å². The molecular weight excluding hydrogens is 366 g/mol. The Balaban J connectivity index is 1.88. The number of fused-ring (bicyclic) bond motifs is 1. The highest BCUT2D eigenvalue weighted by Crippen LogP contribution is 2.21. The first-order chi connectivity index (χ1) is 12.8. The molecule has 2 aromatic carbocycles. The van der Waals surface area contributed by atoms with Gasteiger partial charge in [-0.05, 0) is 43.3 Å². The van der Waals surface area contributed by atoms with Crippen LogP contribution in [0.15, 0.2) is 59.5 Å². The van der Waals surface area contributed by atoms with E-state index in [1.54, 1.807) is 6.07 Å². The Kier molecular flexibility index (Phi) is 5.22. The number of nitrogens with zero attached hydrogens (tertiary/aromatic N) is 2. The molecule has 1 amide bonds. The van der Waals surface area contributed by atoms with E-state index in [1.165, 1.54) is 38.4 Å². The van der Waals surface area contributed by atoms with Gasteiger partial charge in [-0.1, -0.05) is 22.7 Å². The van der Waals surface area contributed by atoms with E-state index in [4.69, 9.17) is 4.84 Å². The number of hydrogen-bond donors (Lipinski definition) is 1. The summed E-state index contributed by atoms with van der Waals surface area (Å²) in [4.78, 5) is 22.0. The summed E-state index contributed by atoms with van der Waals surface area (Å²) in [6.07, 6.45) is 0. The predicted molar refractivity (Wildman–Crippen MR) is 103 cm³/mol. The van der Waals surface area contributed by atoms with Crippen molar-refractivity contribution < 1.29 is 18.0 Å². The average molecular weight is 385 g/mol. The number of aryl methyl sites for hydroxylation is 1. The van der Waals surface area contributed by atoms with Gasteiger partial charge in [0, 0.05) is 23.8 Å². The predicted octanol–water partition coefficient (Wildman–Crippen LogP) is 2.98. The van der Waals surface area contributed by atoms with Crippen molar-refractivity contribution in [2.45, 2.75) is 11.8 Å². The largest absolute Gasteiger partial charge is 0.322 e. The number of aromatic nitrogens is 1. The minimum absolute atomic E-state index is 0.0649. The molecule has 1 heterocycles. The molecule has 8 heteroatoms. The zero-order valence-corrected chi connectivity index (χ0v) is 15.9. The molecule has 0 unspecified atom stereocenters. The fourth-order valence-corrected chi connectivity index (χ4v) is 3.62. The molecular formula is C19H19N3O4S. The Bertz CT molecular complexity index is 1100. The second-order valence-electron chi connectivity index (χ2n) is 5.90. The topological polar surface area (TPSA) is 88.6 Å². The maximum absolute atomic E-state index is 12.7. The first-order valence-corrected chi connectivity index (χ1v) is 9.58. The molecule has 0 aliphatic rings. The van der Waals surface area contributed by atoms with E-state index in [2.05, 4.69) is 10.3 Å². The second-order valence-corrected chi connectivity index (χ2v) is 7.84. The maximum Gasteiger partial charge on any atom is 0.264 e. The van der Waals surface area contributed by atoms with Gasteiger partial charge in [0.2, 0.25) is 0 Å². The van der Waals surface area contributed by atoms with Gasteiger partial charge in [-0.2, -0.15) is 0 Å². The SMILES string of the molecule is CON(C)S(=O)(=O)c1ccc(NC(=O)c2cc(C)nc3ccccc23)cc1. The van der Waals surface area contributed by atoms with Gasteiger partial charge in [-0.25, -0.2) is 8.42 Å². The first kappa shape index (κ1) is 19.0. The molecule has 0 radical (unpaired) electrons. The van der Waals surface area contributed by atoms with E-state index in [0.29, 0.717) is 11.3 Å². The van der Waals surface area contributed by atoms with Crippen LogP contribution in [-0.2, 0) is 14.9 Å². The van der Waals surface area contributed by atoms with Crippen LogP contribution in [0.3, 0.4) is 0 Å². The van der Waals surface area contributed by atoms with Crippen molar-refractivity contribution in [2.24, 2.45) is 0 Å². The Morgan fingerprint density at radius 1 is 1.11 bits per heavy atom. The molecule has 0 saturated carbocycles. The first-order valence-electron chi connectivity index (χ1n) is 8.14. The summed E-state index contributed by atoms with van der Waals surface area (Å²) in [5.74, 6) is -0.290. The van der Waals surface area contributed by atoms with Crippen molar-refractivity contribution in [1.29, 1.82) is 0 Å². The van der Waals surface area contributed by atoms with Crippen LogP contribution in [-0.4, -0.2) is 37.9 Å². The molecule has 3 aromatic rings. The number of carbonyl (C=O) groups is 1. The van der Waals surface area contributed by atoms with Crippen molar-refractivity contribution in [1.82, 2.24) is 9.45 Å². The minimum Gasteiger partial charge on any atom is -0.322 e. The molecule has 0 atom stereocenters. The minimum atomic E-state index is -3.73. The summed E-state index contributed by atoms with van der Waals surface area (Å²) < 4.78 is 25.2. The highest BCUT2D eigenvalue weighted by atomic mass is 32.2. The summed E-state index contributed by atoms with van der Waals surface area (Å²) in [5.41, 5.74) is 2.47. The van der Waals surface area contributed by atoms with E-state index < -0.39 is 10.0 Å². The third-order valence-electron chi connectivity index (χ3n) is 4.09. The standard InChI is InChI=1S/C19H19N3O4S/c1-13-12-17(16-6-4-5-7-18(16)20-13)19(23)21-14-8-10-15(11-9-14)27(24,25)22(2)26-3/h4-12H,1-3H3,(H,21,23). The Hall–Kier alpha value is -2.81. The highest BCUT2D eigenvalue weighted by Gasteiger charge is 2.20. The van der Waals surface area contributed by atoms with Crippen LogP contribution < -0.4 is 5.32 Å². The van der Waals surface area contributed by atoms with Crippen molar-refractivity contribution in [3.05, 3.63) is 65.9 Å². The normalized spacial score (nSPS) is 11.7. The molecule has 27 heavy (non-hydrogen) atoms. The number of rotatable bonds is 5. The fraction of sp³-hybridized carbons (Fsp3) is 0.158. The van der Waals surface area contributed by atoms with Crippen LogP contribution in [0, 0.1) is 6.92 Å². The Labute approximate surface area is 157 Å². The number of anilines is 1. The molecule has 7 nitrogen and oxygen atoms in total. The fourth-order valence-electron chi connectivity index (χ4n) is 2.65. The van der Waals surface area contributed by atoms with Gasteiger partial charge in [0.25, 0.3) is 15.9 Å². The molecule has 1 N–H and O–H groups in total. The monoisotopic (exact) mass is 385 g/mol. The number of carbonyl (C=O) groups excluding carboxylic acids is 1. The van der Waals surface area contributed by atoms with Crippen molar-refractivity contribution >= 4 is 32.5 Å². The third kappa shape index (κ3) is 3.82. The number of amides is 1. The molecule has 0 bridgehead atoms. The number of para-hydroxylation sites is 1. The van der Waals surface area contributed by atoms with E-state index in [-0.39, 0.29) is 10.8 Å². The van der Waals surface area contributed by atoms with Gasteiger partial charge in [-0.15, -0.1) is 0 Å². The van der Waals surface area contributed by atoms with Crippen LogP contribution in [0.1, 0.15) is 16.1 Å². The van der Waals surface area contributed by atoms with Gasteiger partial charge in [0.1, 0.15) is 0 Å². The lowest BCUT2D eigenvalue weighted by Gasteiger charge is -2.14. The molecule has 0 fully saturated rings. The quantitative estimate of drug-likeness (QED) is 0.682. The summed E-state index contributed by atoms with van der Waals surface area (Å²) in [5, 5.41) is 3.54. The molecule has 140 valence electrons. The van der Waals surface area contributed by atoms with E-state index in [9.17, 15) is 13.2 Å². The van der Waals surface area contributed by atoms with Crippen LogP contribution in [0.2, 0.25) is 0 Å². The molecule has 0 saturated heterocycles. The molecule has 1 aromatic heterocycles. The van der Waals surface area contributed by atoms with Crippen molar-refractivity contribution in [3.63, 3.8) is 0 Å². The van der Waals surface area contributed by atoms with Gasteiger partial charge >= 0.3 is 0 Å². The lowest BCUT2D eigenvalue weighted by atomic mass is 10.1. The van der Waals surface area contributed by atoms with Crippen molar-refractivity contribution in [2.75, 3.05) is 19.5 Å². The highest BCUT2D eigenvalue weighted by molar-refractivity contribution is 7.89. The number of pyridine rings is 1.